The molecule has 1 aliphatic rings. The molecule has 1 aromatic heterocycles. The Kier molecular flexibility index (Phi) is 3.95. The van der Waals surface area contributed by atoms with E-state index in [-0.39, 0.29) is 11.6 Å². The van der Waals surface area contributed by atoms with Crippen LogP contribution in [0.3, 0.4) is 0 Å². The molecule has 0 fully saturated rings. The van der Waals surface area contributed by atoms with E-state index in [0.29, 0.717) is 36.5 Å². The summed E-state index contributed by atoms with van der Waals surface area (Å²) < 4.78 is 22.6. The Labute approximate surface area is 149 Å². The van der Waals surface area contributed by atoms with Gasteiger partial charge in [0.05, 0.1) is 18.7 Å². The predicted octanol–water partition coefficient (Wildman–Crippen LogP) is 3.13. The number of benzene rings is 2. The first-order chi connectivity index (χ1) is 12.5. The van der Waals surface area contributed by atoms with Crippen molar-refractivity contribution in [1.82, 2.24) is 9.13 Å². The largest absolute Gasteiger partial charge is 0.492 e. The maximum Gasteiger partial charge on any atom is 0.202 e. The van der Waals surface area contributed by atoms with Crippen molar-refractivity contribution in [2.45, 2.75) is 13.0 Å². The van der Waals surface area contributed by atoms with Crippen molar-refractivity contribution in [2.24, 2.45) is 7.05 Å². The maximum atomic E-state index is 13.3. The lowest BCUT2D eigenvalue weighted by Crippen LogP contribution is -2.23. The van der Waals surface area contributed by atoms with E-state index in [2.05, 4.69) is 0 Å². The Morgan fingerprint density at radius 2 is 1.88 bits per heavy atom. The average Bonchev–Trinajstić information content (AvgIpc) is 2.95. The molecule has 1 aliphatic heterocycles. The molecule has 1 N–H and O–H groups in total. The van der Waals surface area contributed by atoms with E-state index in [9.17, 15) is 9.18 Å². The fraction of sp³-hybridized carbons (Fsp3) is 0.200. The summed E-state index contributed by atoms with van der Waals surface area (Å²) in [6.07, 6.45) is 4.00. The van der Waals surface area contributed by atoms with Crippen LogP contribution in [-0.4, -0.2) is 21.5 Å². The van der Waals surface area contributed by atoms with E-state index in [0.717, 1.165) is 16.7 Å². The predicted molar refractivity (Wildman–Crippen MR) is 94.6 cm³/mol. The van der Waals surface area contributed by atoms with E-state index in [1.54, 1.807) is 21.3 Å². The average molecular weight is 351 g/mol. The zero-order valence-corrected chi connectivity index (χ0v) is 14.3. The van der Waals surface area contributed by atoms with Gasteiger partial charge in [0.15, 0.2) is 5.78 Å². The number of aryl methyl sites for hydroxylation is 1. The lowest BCUT2D eigenvalue weighted by atomic mass is 9.94. The van der Waals surface area contributed by atoms with Crippen LogP contribution in [0.5, 0.6) is 5.75 Å². The van der Waals surface area contributed by atoms with E-state index in [4.69, 9.17) is 10.1 Å². The second kappa shape index (κ2) is 6.29. The summed E-state index contributed by atoms with van der Waals surface area (Å²) in [5, 5.41) is 8.09. The van der Waals surface area contributed by atoms with Gasteiger partial charge in [-0.25, -0.2) is 4.39 Å². The van der Waals surface area contributed by atoms with Gasteiger partial charge in [-0.1, -0.05) is 12.1 Å². The van der Waals surface area contributed by atoms with Crippen LogP contribution in [0, 0.1) is 11.2 Å². The highest BCUT2D eigenvalue weighted by Crippen LogP contribution is 2.37. The molecule has 0 unspecified atom stereocenters. The fourth-order valence-corrected chi connectivity index (χ4v) is 3.22. The Bertz CT molecular complexity index is 1050. The molecule has 2 aromatic carbocycles. The number of aromatic nitrogens is 2. The van der Waals surface area contributed by atoms with Crippen molar-refractivity contribution in [2.75, 3.05) is 6.61 Å². The van der Waals surface area contributed by atoms with Crippen LogP contribution in [0.25, 0.3) is 11.1 Å². The van der Waals surface area contributed by atoms with Gasteiger partial charge in [-0.3, -0.25) is 10.2 Å². The van der Waals surface area contributed by atoms with Crippen molar-refractivity contribution in [3.05, 3.63) is 71.4 Å². The fourth-order valence-electron chi connectivity index (χ4n) is 3.22. The summed E-state index contributed by atoms with van der Waals surface area (Å²) >= 11 is 0. The number of fused-ring (bicyclic) bond motifs is 1. The first-order valence-corrected chi connectivity index (χ1v) is 8.38. The number of hydrogen-bond donors (Lipinski definition) is 1. The molecule has 0 radical (unpaired) electrons. The molecule has 6 heteroatoms. The van der Waals surface area contributed by atoms with Crippen LogP contribution >= 0.6 is 0 Å². The van der Waals surface area contributed by atoms with Crippen molar-refractivity contribution in [3.8, 4) is 16.9 Å². The van der Waals surface area contributed by atoms with Crippen molar-refractivity contribution in [3.63, 3.8) is 0 Å². The minimum absolute atomic E-state index is 0.0422. The summed E-state index contributed by atoms with van der Waals surface area (Å²) in [4.78, 5) is 12.4. The van der Waals surface area contributed by atoms with Gasteiger partial charge in [-0.2, -0.15) is 0 Å². The molecule has 3 aromatic rings. The molecule has 0 spiro atoms. The number of nitrogens with zero attached hydrogens (tertiary/aromatic N) is 2. The molecular formula is C20H18FN3O2. The third-order valence-corrected chi connectivity index (χ3v) is 4.61. The highest BCUT2D eigenvalue weighted by atomic mass is 19.1. The summed E-state index contributed by atoms with van der Waals surface area (Å²) in [7, 11) is 1.81. The molecule has 0 atom stereocenters. The van der Waals surface area contributed by atoms with Crippen LogP contribution in [-0.2, 0) is 13.6 Å². The second-order valence-electron chi connectivity index (χ2n) is 6.41. The van der Waals surface area contributed by atoms with Gasteiger partial charge in [0.2, 0.25) is 5.62 Å². The zero-order valence-electron chi connectivity index (χ0n) is 14.3. The number of carbonyl (C=O) groups excluding carboxylic acids is 1. The molecule has 5 nitrogen and oxygen atoms in total. The van der Waals surface area contributed by atoms with Crippen LogP contribution in [0.4, 0.5) is 4.39 Å². The van der Waals surface area contributed by atoms with Crippen LogP contribution in [0.15, 0.2) is 48.8 Å². The quantitative estimate of drug-likeness (QED) is 0.788. The highest BCUT2D eigenvalue weighted by molar-refractivity contribution is 6.02. The van der Waals surface area contributed by atoms with Crippen LogP contribution < -0.4 is 10.4 Å². The normalized spacial score (nSPS) is 13.4. The first-order valence-electron chi connectivity index (χ1n) is 8.38. The summed E-state index contributed by atoms with van der Waals surface area (Å²) in [6.45, 7) is 0.818. The van der Waals surface area contributed by atoms with Gasteiger partial charge in [0.1, 0.15) is 11.6 Å². The third kappa shape index (κ3) is 2.83. The number of nitrogens with one attached hydrogen (secondary N) is 1. The minimum atomic E-state index is -0.311. The maximum absolute atomic E-state index is 13.3. The smallest absolute Gasteiger partial charge is 0.202 e. The molecule has 26 heavy (non-hydrogen) atoms. The third-order valence-electron chi connectivity index (χ3n) is 4.61. The summed E-state index contributed by atoms with van der Waals surface area (Å²) in [5.74, 6) is 0.288. The van der Waals surface area contributed by atoms with Crippen LogP contribution in [0.2, 0.25) is 0 Å². The SMILES string of the molecule is Cn1ccn(Cc2cc3c(c(-c4ccc(F)cc4)c2)OCCC3=O)c1=N. The Morgan fingerprint density at radius 1 is 1.15 bits per heavy atom. The lowest BCUT2D eigenvalue weighted by Gasteiger charge is -2.21. The van der Waals surface area contributed by atoms with Gasteiger partial charge in [0, 0.05) is 31.4 Å². The summed E-state index contributed by atoms with van der Waals surface area (Å²) in [5.41, 5.74) is 3.38. The zero-order chi connectivity index (χ0) is 18.3. The number of ketones is 1. The number of hydrogen-bond acceptors (Lipinski definition) is 3. The molecule has 0 bridgehead atoms. The first kappa shape index (κ1) is 16.3. The van der Waals surface area contributed by atoms with E-state index in [1.165, 1.54) is 12.1 Å². The lowest BCUT2D eigenvalue weighted by molar-refractivity contribution is 0.0934. The molecule has 0 saturated heterocycles. The molecule has 132 valence electrons. The standard InChI is InChI=1S/C20H18FN3O2/c1-23-7-8-24(20(23)22)12-13-10-16(14-2-4-15(21)5-3-14)19-17(11-13)18(25)6-9-26-19/h2-5,7-8,10-11,22H,6,9,12H2,1H3. The molecule has 0 saturated carbocycles. The molecule has 0 amide bonds. The number of rotatable bonds is 3. The van der Waals surface area contributed by atoms with Gasteiger partial charge in [-0.05, 0) is 35.4 Å². The molecule has 4 rings (SSSR count). The monoisotopic (exact) mass is 351 g/mol. The van der Waals surface area contributed by atoms with E-state index >= 15 is 0 Å². The van der Waals surface area contributed by atoms with Gasteiger partial charge in [-0.15, -0.1) is 0 Å². The minimum Gasteiger partial charge on any atom is -0.492 e. The van der Waals surface area contributed by atoms with Gasteiger partial charge >= 0.3 is 0 Å². The van der Waals surface area contributed by atoms with Gasteiger partial charge < -0.3 is 13.9 Å². The van der Waals surface area contributed by atoms with Crippen LogP contribution in [0.1, 0.15) is 22.3 Å². The van der Waals surface area contributed by atoms with E-state index < -0.39 is 0 Å². The number of imidazole rings is 1. The number of ether oxygens (including phenoxy) is 1. The van der Waals surface area contributed by atoms with Gasteiger partial charge in [0.25, 0.3) is 0 Å². The van der Waals surface area contributed by atoms with Crippen molar-refractivity contribution in [1.29, 1.82) is 5.41 Å². The Hall–Kier alpha value is -3.15. The summed E-state index contributed by atoms with van der Waals surface area (Å²) in [6, 6.07) is 9.94. The number of carbonyl (C=O) groups is 1. The van der Waals surface area contributed by atoms with E-state index in [1.807, 2.05) is 31.6 Å². The Morgan fingerprint density at radius 3 is 2.58 bits per heavy atom. The number of halogens is 1. The molecule has 0 aliphatic carbocycles. The number of Topliss-reactive ketones (excluding diaryl/α,β-unsaturated/α-hetero) is 1. The second-order valence-corrected chi connectivity index (χ2v) is 6.41. The highest BCUT2D eigenvalue weighted by Gasteiger charge is 2.23. The molecule has 2 heterocycles. The van der Waals surface area contributed by atoms with Crippen molar-refractivity contribution >= 4 is 5.78 Å². The topological polar surface area (TPSA) is 60.0 Å². The molecular weight excluding hydrogens is 333 g/mol. The van der Waals surface area contributed by atoms with Crippen molar-refractivity contribution < 1.29 is 13.9 Å². The Balaban J connectivity index is 1.85.